The summed E-state index contributed by atoms with van der Waals surface area (Å²) in [6.45, 7) is 10.6. The molecular weight excluding hydrogens is 368 g/mol. The van der Waals surface area contributed by atoms with Crippen LogP contribution in [0.1, 0.15) is 41.1 Å². The van der Waals surface area contributed by atoms with Gasteiger partial charge >= 0.3 is 0 Å². The molecule has 0 radical (unpaired) electrons. The zero-order chi connectivity index (χ0) is 20.2. The van der Waals surface area contributed by atoms with Gasteiger partial charge in [-0.2, -0.15) is 0 Å². The molecule has 2 aliphatic rings. The largest absolute Gasteiger partial charge is 0.379 e. The fraction of sp³-hybridized carbons (Fsp3) is 0.619. The normalized spacial score (nSPS) is 18.2. The van der Waals surface area contributed by atoms with E-state index >= 15 is 0 Å². The van der Waals surface area contributed by atoms with E-state index in [1.54, 1.807) is 0 Å². The summed E-state index contributed by atoms with van der Waals surface area (Å²) < 4.78 is 5.37. The van der Waals surface area contributed by atoms with Gasteiger partial charge in [0.05, 0.1) is 18.6 Å². The fourth-order valence-electron chi connectivity index (χ4n) is 4.12. The Morgan fingerprint density at radius 1 is 1.07 bits per heavy atom. The summed E-state index contributed by atoms with van der Waals surface area (Å²) in [5, 5.41) is 3.94. The molecule has 8 heteroatoms. The highest BCUT2D eigenvalue weighted by Gasteiger charge is 2.22. The van der Waals surface area contributed by atoms with Gasteiger partial charge in [-0.05, 0) is 44.7 Å². The topological polar surface area (TPSA) is 83.5 Å². The summed E-state index contributed by atoms with van der Waals surface area (Å²) >= 11 is 0. The Balaban J connectivity index is 1.57. The first-order valence-electron chi connectivity index (χ1n) is 10.6. The van der Waals surface area contributed by atoms with Crippen molar-refractivity contribution >= 4 is 22.8 Å². The van der Waals surface area contributed by atoms with Gasteiger partial charge in [0, 0.05) is 45.0 Å². The molecule has 29 heavy (non-hydrogen) atoms. The number of fused-ring (bicyclic) bond motifs is 1. The SMILES string of the molecule is Cc1cc(C)c2c(N3CCCCC3)nc(C(=O)NCCN3CCOCC3)nc2n1. The number of carbonyl (C=O) groups excluding carboxylic acids is 1. The highest BCUT2D eigenvalue weighted by atomic mass is 16.5. The molecule has 2 saturated heterocycles. The number of carbonyl (C=O) groups is 1. The number of pyridine rings is 1. The number of nitrogens with one attached hydrogen (secondary N) is 1. The van der Waals surface area contributed by atoms with Crippen molar-refractivity contribution in [1.29, 1.82) is 0 Å². The van der Waals surface area contributed by atoms with E-state index in [1.807, 2.05) is 6.92 Å². The van der Waals surface area contributed by atoms with Gasteiger partial charge in [0.15, 0.2) is 5.65 Å². The van der Waals surface area contributed by atoms with Crippen LogP contribution >= 0.6 is 0 Å². The van der Waals surface area contributed by atoms with Gasteiger partial charge in [0.25, 0.3) is 5.91 Å². The third-order valence-corrected chi connectivity index (χ3v) is 5.65. The minimum Gasteiger partial charge on any atom is -0.379 e. The molecule has 1 amide bonds. The Bertz CT molecular complexity index is 875. The van der Waals surface area contributed by atoms with Crippen molar-refractivity contribution in [3.8, 4) is 0 Å². The third kappa shape index (κ3) is 4.64. The Morgan fingerprint density at radius 3 is 2.59 bits per heavy atom. The van der Waals surface area contributed by atoms with Crippen LogP contribution < -0.4 is 10.2 Å². The van der Waals surface area contributed by atoms with E-state index in [-0.39, 0.29) is 11.7 Å². The summed E-state index contributed by atoms with van der Waals surface area (Å²) in [7, 11) is 0. The molecule has 2 fully saturated rings. The van der Waals surface area contributed by atoms with Gasteiger partial charge < -0.3 is 15.0 Å². The van der Waals surface area contributed by atoms with Crippen molar-refractivity contribution in [1.82, 2.24) is 25.2 Å². The van der Waals surface area contributed by atoms with Crippen molar-refractivity contribution in [2.75, 3.05) is 57.4 Å². The molecule has 0 spiro atoms. The van der Waals surface area contributed by atoms with Crippen molar-refractivity contribution < 1.29 is 9.53 Å². The highest BCUT2D eigenvalue weighted by Crippen LogP contribution is 2.28. The van der Waals surface area contributed by atoms with Crippen molar-refractivity contribution in [3.63, 3.8) is 0 Å². The van der Waals surface area contributed by atoms with Gasteiger partial charge in [0.2, 0.25) is 5.82 Å². The summed E-state index contributed by atoms with van der Waals surface area (Å²) in [5.74, 6) is 0.815. The van der Waals surface area contributed by atoms with E-state index in [1.165, 1.54) is 6.42 Å². The van der Waals surface area contributed by atoms with Gasteiger partial charge in [0.1, 0.15) is 5.82 Å². The maximum absolute atomic E-state index is 12.8. The second-order valence-corrected chi connectivity index (χ2v) is 7.91. The second kappa shape index (κ2) is 9.00. The van der Waals surface area contributed by atoms with E-state index in [0.717, 1.165) is 81.2 Å². The average Bonchev–Trinajstić information content (AvgIpc) is 2.74. The van der Waals surface area contributed by atoms with Crippen LogP contribution in [0.15, 0.2) is 6.07 Å². The van der Waals surface area contributed by atoms with Crippen molar-refractivity contribution in [2.45, 2.75) is 33.1 Å². The monoisotopic (exact) mass is 398 g/mol. The molecule has 0 bridgehead atoms. The number of hydrogen-bond acceptors (Lipinski definition) is 7. The van der Waals surface area contributed by atoms with Crippen LogP contribution in [0.5, 0.6) is 0 Å². The zero-order valence-corrected chi connectivity index (χ0v) is 17.4. The van der Waals surface area contributed by atoms with Crippen LogP contribution in [-0.2, 0) is 4.74 Å². The van der Waals surface area contributed by atoms with Gasteiger partial charge in [-0.3, -0.25) is 9.69 Å². The Hall–Kier alpha value is -2.32. The lowest BCUT2D eigenvalue weighted by Crippen LogP contribution is -2.41. The van der Waals surface area contributed by atoms with Gasteiger partial charge in [-0.1, -0.05) is 0 Å². The highest BCUT2D eigenvalue weighted by molar-refractivity contribution is 5.96. The number of nitrogens with zero attached hydrogens (tertiary/aromatic N) is 5. The molecule has 0 unspecified atom stereocenters. The van der Waals surface area contributed by atoms with Gasteiger partial charge in [-0.25, -0.2) is 15.0 Å². The van der Waals surface area contributed by atoms with E-state index in [0.29, 0.717) is 12.2 Å². The molecule has 8 nitrogen and oxygen atoms in total. The lowest BCUT2D eigenvalue weighted by Gasteiger charge is -2.29. The predicted molar refractivity (Wildman–Crippen MR) is 112 cm³/mol. The van der Waals surface area contributed by atoms with Crippen LogP contribution in [0.2, 0.25) is 0 Å². The Morgan fingerprint density at radius 2 is 1.83 bits per heavy atom. The number of hydrogen-bond donors (Lipinski definition) is 1. The average molecular weight is 399 g/mol. The summed E-state index contributed by atoms with van der Waals surface area (Å²) in [6, 6.07) is 2.06. The molecular formula is C21H30N6O2. The first-order valence-corrected chi connectivity index (χ1v) is 10.6. The first-order chi connectivity index (χ1) is 14.1. The molecule has 2 aromatic rings. The molecule has 4 heterocycles. The number of amides is 1. The lowest BCUT2D eigenvalue weighted by molar-refractivity contribution is 0.0383. The van der Waals surface area contributed by atoms with Gasteiger partial charge in [-0.15, -0.1) is 0 Å². The Kier molecular flexibility index (Phi) is 6.20. The lowest BCUT2D eigenvalue weighted by atomic mass is 10.1. The fourth-order valence-corrected chi connectivity index (χ4v) is 4.12. The molecule has 0 saturated carbocycles. The third-order valence-electron chi connectivity index (χ3n) is 5.65. The van der Waals surface area contributed by atoms with E-state index in [4.69, 9.17) is 9.72 Å². The molecule has 2 aromatic heterocycles. The minimum absolute atomic E-state index is 0.206. The number of rotatable bonds is 5. The van der Waals surface area contributed by atoms with Crippen LogP contribution in [0, 0.1) is 13.8 Å². The van der Waals surface area contributed by atoms with Crippen LogP contribution in [0.25, 0.3) is 11.0 Å². The molecule has 0 atom stereocenters. The summed E-state index contributed by atoms with van der Waals surface area (Å²) in [6.07, 6.45) is 3.53. The standard InChI is InChI=1S/C21H30N6O2/c1-15-14-16(2)23-18-17(15)20(27-7-4-3-5-8-27)25-19(24-18)21(28)22-6-9-26-10-12-29-13-11-26/h14H,3-13H2,1-2H3,(H,22,28). The smallest absolute Gasteiger partial charge is 0.289 e. The molecule has 4 rings (SSSR count). The molecule has 0 aliphatic carbocycles. The number of aromatic nitrogens is 3. The number of morpholine rings is 1. The molecule has 1 N–H and O–H groups in total. The number of ether oxygens (including phenoxy) is 1. The quantitative estimate of drug-likeness (QED) is 0.821. The molecule has 2 aliphatic heterocycles. The van der Waals surface area contributed by atoms with Crippen LogP contribution in [-0.4, -0.2) is 78.2 Å². The Labute approximate surface area is 171 Å². The number of anilines is 1. The predicted octanol–water partition coefficient (Wildman–Crippen LogP) is 1.69. The number of aryl methyl sites for hydroxylation is 2. The van der Waals surface area contributed by atoms with Crippen molar-refractivity contribution in [3.05, 3.63) is 23.1 Å². The summed E-state index contributed by atoms with van der Waals surface area (Å²) in [4.78, 5) is 31.2. The van der Waals surface area contributed by atoms with Crippen molar-refractivity contribution in [2.24, 2.45) is 0 Å². The maximum Gasteiger partial charge on any atom is 0.289 e. The minimum atomic E-state index is -0.237. The van der Waals surface area contributed by atoms with Crippen LogP contribution in [0.3, 0.4) is 0 Å². The molecule has 0 aromatic carbocycles. The maximum atomic E-state index is 12.8. The first kappa shape index (κ1) is 20.0. The molecule has 156 valence electrons. The summed E-state index contributed by atoms with van der Waals surface area (Å²) in [5.41, 5.74) is 2.61. The number of piperidine rings is 1. The van der Waals surface area contributed by atoms with E-state index < -0.39 is 0 Å². The second-order valence-electron chi connectivity index (χ2n) is 7.91. The van der Waals surface area contributed by atoms with E-state index in [2.05, 4.69) is 38.1 Å². The zero-order valence-electron chi connectivity index (χ0n) is 17.4. The van der Waals surface area contributed by atoms with E-state index in [9.17, 15) is 4.79 Å². The van der Waals surface area contributed by atoms with Crippen LogP contribution in [0.4, 0.5) is 5.82 Å².